The molecule has 0 saturated heterocycles. The van der Waals surface area contributed by atoms with Gasteiger partial charge in [-0.3, -0.25) is 0 Å². The van der Waals surface area contributed by atoms with Gasteiger partial charge in [-0.15, -0.1) is 0 Å². The quantitative estimate of drug-likeness (QED) is 0.366. The molecule has 0 spiro atoms. The Kier molecular flexibility index (Phi) is 5.58. The number of benzene rings is 3. The first-order valence-electron chi connectivity index (χ1n) is 9.25. The number of hydrogen-bond donors (Lipinski definition) is 1. The van der Waals surface area contributed by atoms with E-state index in [1.807, 2.05) is 91.0 Å². The lowest BCUT2D eigenvalue weighted by Gasteiger charge is -2.09. The van der Waals surface area contributed by atoms with Gasteiger partial charge in [0.1, 0.15) is 5.75 Å². The summed E-state index contributed by atoms with van der Waals surface area (Å²) < 4.78 is 5.25. The topological polar surface area (TPSA) is 59.4 Å². The van der Waals surface area contributed by atoms with E-state index < -0.39 is 0 Å². The van der Waals surface area contributed by atoms with Gasteiger partial charge >= 0.3 is 0 Å². The third-order valence-electron chi connectivity index (χ3n) is 4.36. The molecule has 0 amide bonds. The third kappa shape index (κ3) is 4.65. The van der Waals surface area contributed by atoms with Gasteiger partial charge in [-0.2, -0.15) is 5.10 Å². The molecule has 0 aliphatic rings. The summed E-state index contributed by atoms with van der Waals surface area (Å²) in [4.78, 5) is 9.27. The molecule has 0 fully saturated rings. The zero-order chi connectivity index (χ0) is 19.9. The second-order valence-corrected chi connectivity index (χ2v) is 6.34. The van der Waals surface area contributed by atoms with Crippen molar-refractivity contribution in [3.63, 3.8) is 0 Å². The zero-order valence-electron chi connectivity index (χ0n) is 16.0. The largest absolute Gasteiger partial charge is 0.497 e. The summed E-state index contributed by atoms with van der Waals surface area (Å²) >= 11 is 0. The molecule has 3 aromatic carbocycles. The van der Waals surface area contributed by atoms with Crippen molar-refractivity contribution >= 4 is 12.2 Å². The van der Waals surface area contributed by atoms with Crippen LogP contribution in [0.2, 0.25) is 0 Å². The van der Waals surface area contributed by atoms with Crippen LogP contribution in [0.15, 0.2) is 96.1 Å². The second kappa shape index (κ2) is 8.80. The molecule has 4 aromatic rings. The van der Waals surface area contributed by atoms with Crippen molar-refractivity contribution in [2.24, 2.45) is 5.10 Å². The molecule has 0 atom stereocenters. The number of nitrogens with zero attached hydrogens (tertiary/aromatic N) is 3. The van der Waals surface area contributed by atoms with Crippen molar-refractivity contribution in [2.75, 3.05) is 12.5 Å². The molecule has 1 heterocycles. The molecule has 1 N–H and O–H groups in total. The van der Waals surface area contributed by atoms with Crippen LogP contribution in [0.5, 0.6) is 5.75 Å². The average Bonchev–Trinajstić information content (AvgIpc) is 2.80. The van der Waals surface area contributed by atoms with E-state index in [4.69, 9.17) is 4.74 Å². The van der Waals surface area contributed by atoms with Gasteiger partial charge in [-0.1, -0.05) is 60.7 Å². The van der Waals surface area contributed by atoms with Crippen LogP contribution in [0.4, 0.5) is 5.95 Å². The molecule has 0 aliphatic heterocycles. The fourth-order valence-electron chi connectivity index (χ4n) is 2.87. The molecule has 0 unspecified atom stereocenters. The Bertz CT molecular complexity index is 1090. The van der Waals surface area contributed by atoms with Gasteiger partial charge in [-0.25, -0.2) is 15.4 Å². The fourth-order valence-corrected chi connectivity index (χ4v) is 2.87. The number of rotatable bonds is 6. The second-order valence-electron chi connectivity index (χ2n) is 6.34. The minimum Gasteiger partial charge on any atom is -0.497 e. The van der Waals surface area contributed by atoms with E-state index in [0.29, 0.717) is 5.95 Å². The Labute approximate surface area is 169 Å². The predicted molar refractivity (Wildman–Crippen MR) is 117 cm³/mol. The number of hydrazone groups is 1. The molecule has 5 heteroatoms. The highest BCUT2D eigenvalue weighted by molar-refractivity contribution is 5.80. The van der Waals surface area contributed by atoms with E-state index in [9.17, 15) is 0 Å². The van der Waals surface area contributed by atoms with Crippen molar-refractivity contribution < 1.29 is 4.74 Å². The zero-order valence-corrected chi connectivity index (χ0v) is 16.0. The van der Waals surface area contributed by atoms with Crippen molar-refractivity contribution in [3.05, 3.63) is 96.6 Å². The monoisotopic (exact) mass is 380 g/mol. The van der Waals surface area contributed by atoms with E-state index in [2.05, 4.69) is 20.5 Å². The fraction of sp³-hybridized carbons (Fsp3) is 0.0417. The Morgan fingerprint density at radius 2 is 1.34 bits per heavy atom. The van der Waals surface area contributed by atoms with Gasteiger partial charge in [0.05, 0.1) is 24.7 Å². The first-order chi connectivity index (χ1) is 14.3. The molecule has 0 bridgehead atoms. The van der Waals surface area contributed by atoms with Gasteiger partial charge in [0.25, 0.3) is 0 Å². The summed E-state index contributed by atoms with van der Waals surface area (Å²) in [5, 5.41) is 4.29. The smallest absolute Gasteiger partial charge is 0.244 e. The molecule has 0 saturated carbocycles. The maximum atomic E-state index is 5.25. The summed E-state index contributed by atoms with van der Waals surface area (Å²) in [6.45, 7) is 0. The number of anilines is 1. The summed E-state index contributed by atoms with van der Waals surface area (Å²) in [6.07, 6.45) is 1.74. The molecule has 5 nitrogen and oxygen atoms in total. The molecule has 0 aliphatic carbocycles. The first-order valence-corrected chi connectivity index (χ1v) is 9.25. The van der Waals surface area contributed by atoms with E-state index >= 15 is 0 Å². The Morgan fingerprint density at radius 3 is 1.97 bits per heavy atom. The highest BCUT2D eigenvalue weighted by Gasteiger charge is 2.08. The van der Waals surface area contributed by atoms with Crippen LogP contribution in [0.3, 0.4) is 0 Å². The highest BCUT2D eigenvalue weighted by Crippen LogP contribution is 2.26. The predicted octanol–water partition coefficient (Wildman–Crippen LogP) is 5.27. The Morgan fingerprint density at radius 1 is 0.759 bits per heavy atom. The van der Waals surface area contributed by atoms with Crippen molar-refractivity contribution in [2.45, 2.75) is 0 Å². The summed E-state index contributed by atoms with van der Waals surface area (Å²) in [5.41, 5.74) is 7.57. The van der Waals surface area contributed by atoms with Crippen LogP contribution in [-0.2, 0) is 0 Å². The third-order valence-corrected chi connectivity index (χ3v) is 4.36. The molecular formula is C24H20N4O. The first kappa shape index (κ1) is 18.4. The SMILES string of the molecule is COc1ccc(-c2cc(-c3ccccc3)nc(N/N=C\c3ccccc3)n2)cc1. The van der Waals surface area contributed by atoms with E-state index in [1.54, 1.807) is 13.3 Å². The van der Waals surface area contributed by atoms with Crippen molar-refractivity contribution in [1.29, 1.82) is 0 Å². The standard InChI is InChI=1S/C24H20N4O/c1-29-21-14-12-20(13-15-21)23-16-22(19-10-6-3-7-11-19)26-24(27-23)28-25-17-18-8-4-2-5-9-18/h2-17H,1H3,(H,26,27,28)/b25-17-. The molecule has 29 heavy (non-hydrogen) atoms. The van der Waals surface area contributed by atoms with Gasteiger partial charge in [0, 0.05) is 11.1 Å². The number of methoxy groups -OCH3 is 1. The summed E-state index contributed by atoms with van der Waals surface area (Å²) in [6, 6.07) is 29.7. The van der Waals surface area contributed by atoms with Crippen LogP contribution in [0.25, 0.3) is 22.5 Å². The molecule has 1 aromatic heterocycles. The van der Waals surface area contributed by atoms with E-state index in [1.165, 1.54) is 0 Å². The van der Waals surface area contributed by atoms with Crippen molar-refractivity contribution in [3.8, 4) is 28.3 Å². The minimum absolute atomic E-state index is 0.435. The lowest BCUT2D eigenvalue weighted by atomic mass is 10.1. The van der Waals surface area contributed by atoms with Crippen LogP contribution in [0, 0.1) is 0 Å². The molecule has 142 valence electrons. The Balaban J connectivity index is 1.68. The van der Waals surface area contributed by atoms with Crippen LogP contribution < -0.4 is 10.2 Å². The Hall–Kier alpha value is -3.99. The van der Waals surface area contributed by atoms with Crippen LogP contribution >= 0.6 is 0 Å². The van der Waals surface area contributed by atoms with E-state index in [0.717, 1.165) is 33.8 Å². The maximum Gasteiger partial charge on any atom is 0.244 e. The maximum absolute atomic E-state index is 5.25. The van der Waals surface area contributed by atoms with Gasteiger partial charge in [0.15, 0.2) is 0 Å². The average molecular weight is 380 g/mol. The summed E-state index contributed by atoms with van der Waals surface area (Å²) in [7, 11) is 1.65. The molecular weight excluding hydrogens is 360 g/mol. The molecule has 4 rings (SSSR count). The van der Waals surface area contributed by atoms with Crippen molar-refractivity contribution in [1.82, 2.24) is 9.97 Å². The van der Waals surface area contributed by atoms with Crippen LogP contribution in [0.1, 0.15) is 5.56 Å². The van der Waals surface area contributed by atoms with Crippen LogP contribution in [-0.4, -0.2) is 23.3 Å². The normalized spacial score (nSPS) is 10.8. The van der Waals surface area contributed by atoms with E-state index in [-0.39, 0.29) is 0 Å². The lowest BCUT2D eigenvalue weighted by Crippen LogP contribution is -2.00. The summed E-state index contributed by atoms with van der Waals surface area (Å²) in [5.74, 6) is 1.24. The van der Waals surface area contributed by atoms with Gasteiger partial charge in [-0.05, 0) is 35.9 Å². The number of hydrogen-bond acceptors (Lipinski definition) is 5. The number of nitrogens with one attached hydrogen (secondary N) is 1. The van der Waals surface area contributed by atoms with Gasteiger partial charge < -0.3 is 4.74 Å². The molecule has 0 radical (unpaired) electrons. The van der Waals surface area contributed by atoms with Gasteiger partial charge in [0.2, 0.25) is 5.95 Å². The lowest BCUT2D eigenvalue weighted by molar-refractivity contribution is 0.415. The minimum atomic E-state index is 0.435. The highest BCUT2D eigenvalue weighted by atomic mass is 16.5. The number of ether oxygens (including phenoxy) is 1. The number of aromatic nitrogens is 2.